The molecule has 0 spiro atoms. The molecular weight excluding hydrogens is 880 g/mol. The van der Waals surface area contributed by atoms with E-state index in [-0.39, 0.29) is 0 Å². The molecule has 6 rings (SSSR count). The number of hydrogen-bond donors (Lipinski definition) is 0. The van der Waals surface area contributed by atoms with Crippen LogP contribution in [0.1, 0.15) is 192 Å². The molecule has 0 atom stereocenters. The molecule has 0 N–H and O–H groups in total. The standard InChI is InChI=1S/C64H87O3PS/c1-4-7-10-13-16-19-22-37-50-59-60(51-38-23-20-17-14-11-8-5-2)62(53-39-24-21-18-15-12-9-6-3)64(63-54-41-40-52-61(59)63)69(65,66)67-68(55-42-29-25-30-43-55,56-44-31-26-32-45-56,57-46-33-27-34-47-57)58-48-35-28-36-49-58/h25-36,40-49,52,54H,4-24,37-39,50-51,53H2,1-3H3. The van der Waals surface area contributed by atoms with Gasteiger partial charge in [0.25, 0.3) is 0 Å². The molecule has 0 heterocycles. The summed E-state index contributed by atoms with van der Waals surface area (Å²) in [7, 11) is -4.55. The average molecular weight is 967 g/mol. The van der Waals surface area contributed by atoms with E-state index in [1.807, 2.05) is 78.9 Å². The summed E-state index contributed by atoms with van der Waals surface area (Å²) in [6, 6.07) is 49.6. The van der Waals surface area contributed by atoms with Crippen LogP contribution >= 0.6 is 6.83 Å². The minimum Gasteiger partial charge on any atom is -0.0654 e. The predicted molar refractivity (Wildman–Crippen MR) is 302 cm³/mol. The number of hydrogen-bond acceptors (Lipinski definition) is 3. The Kier molecular flexibility index (Phi) is 22.6. The molecule has 6 aromatic carbocycles. The Morgan fingerprint density at radius 3 is 0.942 bits per heavy atom. The van der Waals surface area contributed by atoms with Crippen LogP contribution < -0.4 is 21.2 Å². The van der Waals surface area contributed by atoms with Crippen molar-refractivity contribution in [2.75, 3.05) is 0 Å². The maximum atomic E-state index is 16.8. The van der Waals surface area contributed by atoms with Crippen LogP contribution in [0.15, 0.2) is 150 Å². The van der Waals surface area contributed by atoms with Crippen LogP contribution in [-0.2, 0) is 33.4 Å². The fourth-order valence-electron chi connectivity index (χ4n) is 11.2. The Labute approximate surface area is 420 Å². The summed E-state index contributed by atoms with van der Waals surface area (Å²) < 4.78 is 41.4. The maximum absolute atomic E-state index is 16.8. The monoisotopic (exact) mass is 967 g/mol. The molecule has 0 saturated heterocycles. The number of aryl methyl sites for hydroxylation is 1. The summed E-state index contributed by atoms with van der Waals surface area (Å²) in [6.45, 7) is 2.25. The molecule has 0 aliphatic carbocycles. The molecule has 0 aromatic heterocycles. The zero-order valence-electron chi connectivity index (χ0n) is 43.0. The van der Waals surface area contributed by atoms with Crippen LogP contribution in [0.4, 0.5) is 0 Å². The first kappa shape index (κ1) is 54.3. The third-order valence-electron chi connectivity index (χ3n) is 14.8. The van der Waals surface area contributed by atoms with E-state index in [4.69, 9.17) is 3.97 Å². The Balaban J connectivity index is 1.57. The Morgan fingerprint density at radius 1 is 0.319 bits per heavy atom. The van der Waals surface area contributed by atoms with Crippen molar-refractivity contribution in [1.82, 2.24) is 0 Å². The van der Waals surface area contributed by atoms with Crippen LogP contribution in [0.2, 0.25) is 0 Å². The minimum atomic E-state index is -4.60. The zero-order valence-corrected chi connectivity index (χ0v) is 44.7. The van der Waals surface area contributed by atoms with Crippen LogP contribution in [-0.4, -0.2) is 8.42 Å². The van der Waals surface area contributed by atoms with Gasteiger partial charge in [-0.1, -0.05) is 59.3 Å². The molecule has 0 saturated carbocycles. The molecular formula is C64H87O3PS. The van der Waals surface area contributed by atoms with Gasteiger partial charge in [0.15, 0.2) is 0 Å². The van der Waals surface area contributed by atoms with Gasteiger partial charge < -0.3 is 0 Å². The molecule has 0 aliphatic heterocycles. The van der Waals surface area contributed by atoms with Crippen molar-refractivity contribution in [3.8, 4) is 0 Å². The molecule has 0 amide bonds. The quantitative estimate of drug-likeness (QED) is 0.0299. The minimum absolute atomic E-state index is 0.392. The zero-order chi connectivity index (χ0) is 48.5. The van der Waals surface area contributed by atoms with E-state index in [2.05, 4.69) is 87.5 Å². The van der Waals surface area contributed by atoms with Crippen molar-refractivity contribution in [1.29, 1.82) is 0 Å². The molecule has 0 aliphatic rings. The molecule has 3 nitrogen and oxygen atoms in total. The van der Waals surface area contributed by atoms with Crippen LogP contribution in [0.3, 0.4) is 0 Å². The van der Waals surface area contributed by atoms with E-state index < -0.39 is 16.9 Å². The van der Waals surface area contributed by atoms with Crippen LogP contribution in [0.25, 0.3) is 10.8 Å². The average Bonchev–Trinajstić information content (AvgIpc) is 3.39. The van der Waals surface area contributed by atoms with Crippen molar-refractivity contribution < 1.29 is 12.4 Å². The topological polar surface area (TPSA) is 43.4 Å². The summed E-state index contributed by atoms with van der Waals surface area (Å²) in [5.74, 6) is 0. The van der Waals surface area contributed by atoms with Crippen molar-refractivity contribution in [3.63, 3.8) is 0 Å². The Morgan fingerprint density at radius 2 is 0.594 bits per heavy atom. The van der Waals surface area contributed by atoms with E-state index >= 15 is 8.42 Å². The van der Waals surface area contributed by atoms with Gasteiger partial charge in [-0.05, 0) is 0 Å². The van der Waals surface area contributed by atoms with Crippen molar-refractivity contribution in [2.45, 2.75) is 199 Å². The van der Waals surface area contributed by atoms with Gasteiger partial charge in [0, 0.05) is 0 Å². The number of benzene rings is 6. The first-order valence-electron chi connectivity index (χ1n) is 27.7. The summed E-state index contributed by atoms with van der Waals surface area (Å²) in [6.07, 6.45) is 32.2. The molecule has 5 heteroatoms. The van der Waals surface area contributed by atoms with E-state index in [1.165, 1.54) is 133 Å². The summed E-state index contributed by atoms with van der Waals surface area (Å²) >= 11 is 0. The number of unbranched alkanes of at least 4 members (excludes halogenated alkanes) is 21. The van der Waals surface area contributed by atoms with Gasteiger partial charge in [0.2, 0.25) is 0 Å². The Bertz CT molecular complexity index is 2300. The second-order valence-corrected chi connectivity index (χ2v) is 25.9. The van der Waals surface area contributed by atoms with Crippen LogP contribution in [0, 0.1) is 0 Å². The van der Waals surface area contributed by atoms with E-state index in [1.54, 1.807) is 0 Å². The van der Waals surface area contributed by atoms with Gasteiger partial charge in [-0.2, -0.15) is 0 Å². The smallest absolute Gasteiger partial charge is 0.0654 e. The number of rotatable bonds is 34. The van der Waals surface area contributed by atoms with Crippen molar-refractivity contribution >= 4 is 48.9 Å². The summed E-state index contributed by atoms with van der Waals surface area (Å²) in [5.41, 5.74) is 3.67. The van der Waals surface area contributed by atoms with E-state index in [0.717, 1.165) is 88.9 Å². The van der Waals surface area contributed by atoms with Gasteiger partial charge >= 0.3 is 363 Å². The second kappa shape index (κ2) is 28.7. The normalized spacial score (nSPS) is 12.6. The fraction of sp³-hybridized carbons (Fsp3) is 0.469. The van der Waals surface area contributed by atoms with Gasteiger partial charge in [-0.3, -0.25) is 0 Å². The molecule has 372 valence electrons. The van der Waals surface area contributed by atoms with Gasteiger partial charge in [-0.25, -0.2) is 0 Å². The molecule has 0 bridgehead atoms. The molecule has 0 radical (unpaired) electrons. The molecule has 69 heavy (non-hydrogen) atoms. The third kappa shape index (κ3) is 13.7. The second-order valence-electron chi connectivity index (χ2n) is 19.9. The van der Waals surface area contributed by atoms with E-state index in [9.17, 15) is 0 Å². The Hall–Kier alpha value is -4.08. The first-order chi connectivity index (χ1) is 33.9. The predicted octanol–water partition coefficient (Wildman–Crippen LogP) is 17.4. The summed E-state index contributed by atoms with van der Waals surface area (Å²) in [4.78, 5) is 0.392. The SMILES string of the molecule is CCCCCCCCCCc1c(CCCCCCCCCC)c(S(=O)(=O)OP(c2ccccc2)(c2ccccc2)(c2ccccc2)c2ccccc2)c2ccccc2c1CCCCCCCCCC. The van der Waals surface area contributed by atoms with Gasteiger partial charge in [0.1, 0.15) is 0 Å². The fourth-order valence-corrected chi connectivity index (χ4v) is 20.2. The molecule has 6 aromatic rings. The van der Waals surface area contributed by atoms with Crippen molar-refractivity contribution in [3.05, 3.63) is 162 Å². The molecule has 0 fully saturated rings. The third-order valence-corrected chi connectivity index (χ3v) is 22.9. The number of fused-ring (bicyclic) bond motifs is 1. The first-order valence-corrected chi connectivity index (χ1v) is 31.2. The van der Waals surface area contributed by atoms with Crippen molar-refractivity contribution in [2.24, 2.45) is 0 Å². The van der Waals surface area contributed by atoms with E-state index in [0.29, 0.717) is 4.90 Å². The molecule has 0 unspecified atom stereocenters. The van der Waals surface area contributed by atoms with Gasteiger partial charge in [-0.15, -0.1) is 0 Å². The van der Waals surface area contributed by atoms with Crippen LogP contribution in [0.5, 0.6) is 0 Å². The van der Waals surface area contributed by atoms with Gasteiger partial charge in [0.05, 0.1) is 0 Å². The summed E-state index contributed by atoms with van der Waals surface area (Å²) in [5, 5.41) is 5.31.